The average molecular weight is 284 g/mol. The van der Waals surface area contributed by atoms with Gasteiger partial charge in [-0.3, -0.25) is 4.79 Å². The number of carbonyl (C=O) groups is 1. The molecular formula is C15H19ClFNO. The van der Waals surface area contributed by atoms with Gasteiger partial charge >= 0.3 is 0 Å². The Balaban J connectivity index is 2.13. The molecule has 1 aliphatic rings. The summed E-state index contributed by atoms with van der Waals surface area (Å²) in [5, 5.41) is 0.186. The van der Waals surface area contributed by atoms with E-state index in [0.717, 1.165) is 12.8 Å². The van der Waals surface area contributed by atoms with Crippen LogP contribution < -0.4 is 0 Å². The number of rotatable bonds is 2. The highest BCUT2D eigenvalue weighted by Crippen LogP contribution is 2.24. The molecule has 1 aromatic rings. The second-order valence-corrected chi connectivity index (χ2v) is 5.59. The predicted molar refractivity (Wildman–Crippen MR) is 75.0 cm³/mol. The molecule has 0 aromatic heterocycles. The van der Waals surface area contributed by atoms with Gasteiger partial charge in [0.15, 0.2) is 0 Å². The van der Waals surface area contributed by atoms with Crippen molar-refractivity contribution < 1.29 is 9.18 Å². The van der Waals surface area contributed by atoms with E-state index in [4.69, 9.17) is 11.6 Å². The smallest absolute Gasteiger partial charge is 0.255 e. The molecule has 1 fully saturated rings. The van der Waals surface area contributed by atoms with Crippen LogP contribution in [0.25, 0.3) is 0 Å². The fourth-order valence-corrected chi connectivity index (χ4v) is 2.91. The molecule has 0 atom stereocenters. The van der Waals surface area contributed by atoms with Gasteiger partial charge in [0.25, 0.3) is 5.91 Å². The van der Waals surface area contributed by atoms with Crippen LogP contribution in [0.2, 0.25) is 5.02 Å². The number of amides is 1. The highest BCUT2D eigenvalue weighted by atomic mass is 35.5. The van der Waals surface area contributed by atoms with Crippen LogP contribution in [0.5, 0.6) is 0 Å². The summed E-state index contributed by atoms with van der Waals surface area (Å²) < 4.78 is 13.0. The summed E-state index contributed by atoms with van der Waals surface area (Å²) >= 11 is 5.95. The normalized spacial score (nSPS) is 17.0. The Morgan fingerprint density at radius 1 is 1.26 bits per heavy atom. The van der Waals surface area contributed by atoms with Gasteiger partial charge in [0.2, 0.25) is 0 Å². The first-order valence-electron chi connectivity index (χ1n) is 6.82. The molecular weight excluding hydrogens is 265 g/mol. The van der Waals surface area contributed by atoms with Crippen molar-refractivity contribution in [2.75, 3.05) is 7.05 Å². The Kier molecular flexibility index (Phi) is 4.81. The summed E-state index contributed by atoms with van der Waals surface area (Å²) in [6.45, 7) is 0. The summed E-state index contributed by atoms with van der Waals surface area (Å²) in [6.07, 6.45) is 6.91. The van der Waals surface area contributed by atoms with Crippen molar-refractivity contribution in [3.63, 3.8) is 0 Å². The van der Waals surface area contributed by atoms with Crippen molar-refractivity contribution in [2.45, 2.75) is 44.6 Å². The number of hydrogen-bond acceptors (Lipinski definition) is 1. The van der Waals surface area contributed by atoms with Crippen LogP contribution in [0.3, 0.4) is 0 Å². The van der Waals surface area contributed by atoms with Crippen molar-refractivity contribution in [3.05, 3.63) is 34.6 Å². The molecule has 0 heterocycles. The van der Waals surface area contributed by atoms with Crippen LogP contribution in [0.1, 0.15) is 48.9 Å². The number of halogens is 2. The quantitative estimate of drug-likeness (QED) is 0.742. The Labute approximate surface area is 118 Å². The standard InChI is InChI=1S/C15H19ClFNO/c1-18(12-6-4-2-3-5-7-12)15(19)13-9-8-11(17)10-14(13)16/h8-10,12H,2-7H2,1H3. The zero-order valence-corrected chi connectivity index (χ0v) is 11.9. The van der Waals surface area contributed by atoms with Gasteiger partial charge in [-0.05, 0) is 31.0 Å². The fourth-order valence-electron chi connectivity index (χ4n) is 2.66. The van der Waals surface area contributed by atoms with E-state index in [1.165, 1.54) is 43.9 Å². The van der Waals surface area contributed by atoms with Gasteiger partial charge in [0, 0.05) is 13.1 Å². The molecule has 0 aliphatic heterocycles. The Morgan fingerprint density at radius 2 is 1.89 bits per heavy atom. The van der Waals surface area contributed by atoms with Crippen LogP contribution in [0.4, 0.5) is 4.39 Å². The topological polar surface area (TPSA) is 20.3 Å². The minimum atomic E-state index is -0.418. The minimum absolute atomic E-state index is 0.114. The van der Waals surface area contributed by atoms with Crippen molar-refractivity contribution >= 4 is 17.5 Å². The van der Waals surface area contributed by atoms with Crippen molar-refractivity contribution in [3.8, 4) is 0 Å². The SMILES string of the molecule is CN(C(=O)c1ccc(F)cc1Cl)C1CCCCCC1. The molecule has 1 aromatic carbocycles. The number of benzene rings is 1. The molecule has 0 unspecified atom stereocenters. The summed E-state index contributed by atoms with van der Waals surface area (Å²) in [6, 6.07) is 4.21. The molecule has 0 radical (unpaired) electrons. The maximum absolute atomic E-state index is 13.0. The van der Waals surface area contributed by atoms with E-state index in [-0.39, 0.29) is 17.0 Å². The molecule has 1 amide bonds. The van der Waals surface area contributed by atoms with E-state index in [2.05, 4.69) is 0 Å². The molecule has 0 bridgehead atoms. The number of nitrogens with zero attached hydrogens (tertiary/aromatic N) is 1. The van der Waals surface area contributed by atoms with Crippen molar-refractivity contribution in [1.29, 1.82) is 0 Å². The largest absolute Gasteiger partial charge is 0.339 e. The van der Waals surface area contributed by atoms with E-state index in [1.807, 2.05) is 7.05 Å². The van der Waals surface area contributed by atoms with Gasteiger partial charge in [-0.2, -0.15) is 0 Å². The highest BCUT2D eigenvalue weighted by molar-refractivity contribution is 6.33. The van der Waals surface area contributed by atoms with Crippen LogP contribution >= 0.6 is 11.6 Å². The lowest BCUT2D eigenvalue weighted by Crippen LogP contribution is -2.36. The van der Waals surface area contributed by atoms with E-state index >= 15 is 0 Å². The minimum Gasteiger partial charge on any atom is -0.339 e. The van der Waals surface area contributed by atoms with Gasteiger partial charge in [-0.1, -0.05) is 37.3 Å². The lowest BCUT2D eigenvalue weighted by molar-refractivity contribution is 0.0718. The van der Waals surface area contributed by atoms with Crippen LogP contribution in [-0.2, 0) is 0 Å². The molecule has 19 heavy (non-hydrogen) atoms. The number of hydrogen-bond donors (Lipinski definition) is 0. The molecule has 0 N–H and O–H groups in total. The first-order valence-corrected chi connectivity index (χ1v) is 7.19. The van der Waals surface area contributed by atoms with Crippen LogP contribution in [0.15, 0.2) is 18.2 Å². The van der Waals surface area contributed by atoms with Crippen LogP contribution in [-0.4, -0.2) is 23.9 Å². The Hall–Kier alpha value is -1.09. The molecule has 104 valence electrons. The van der Waals surface area contributed by atoms with E-state index in [9.17, 15) is 9.18 Å². The van der Waals surface area contributed by atoms with Crippen molar-refractivity contribution in [2.24, 2.45) is 0 Å². The number of carbonyl (C=O) groups excluding carboxylic acids is 1. The lowest BCUT2D eigenvalue weighted by Gasteiger charge is -2.27. The summed E-state index contributed by atoms with van der Waals surface area (Å²) in [5.41, 5.74) is 0.384. The Morgan fingerprint density at radius 3 is 2.47 bits per heavy atom. The zero-order chi connectivity index (χ0) is 13.8. The second kappa shape index (κ2) is 6.38. The van der Waals surface area contributed by atoms with Gasteiger partial charge in [0.1, 0.15) is 5.82 Å². The molecule has 2 rings (SSSR count). The summed E-state index contributed by atoms with van der Waals surface area (Å²) in [4.78, 5) is 14.2. The highest BCUT2D eigenvalue weighted by Gasteiger charge is 2.23. The average Bonchev–Trinajstić information content (AvgIpc) is 2.66. The molecule has 4 heteroatoms. The third-order valence-corrected chi connectivity index (χ3v) is 4.17. The van der Waals surface area contributed by atoms with Crippen molar-refractivity contribution in [1.82, 2.24) is 4.90 Å². The summed E-state index contributed by atoms with van der Waals surface area (Å²) in [5.74, 6) is -0.532. The maximum Gasteiger partial charge on any atom is 0.255 e. The lowest BCUT2D eigenvalue weighted by atomic mass is 10.1. The first kappa shape index (κ1) is 14.3. The van der Waals surface area contributed by atoms with Gasteiger partial charge < -0.3 is 4.90 Å². The van der Waals surface area contributed by atoms with Gasteiger partial charge in [-0.15, -0.1) is 0 Å². The molecule has 1 saturated carbocycles. The maximum atomic E-state index is 13.0. The molecule has 2 nitrogen and oxygen atoms in total. The van der Waals surface area contributed by atoms with E-state index in [0.29, 0.717) is 5.56 Å². The third kappa shape index (κ3) is 3.47. The van der Waals surface area contributed by atoms with E-state index < -0.39 is 5.82 Å². The molecule has 0 spiro atoms. The summed E-state index contributed by atoms with van der Waals surface area (Å²) in [7, 11) is 1.82. The third-order valence-electron chi connectivity index (χ3n) is 3.85. The van der Waals surface area contributed by atoms with Gasteiger partial charge in [0.05, 0.1) is 10.6 Å². The molecule has 0 saturated heterocycles. The van der Waals surface area contributed by atoms with Gasteiger partial charge in [-0.25, -0.2) is 4.39 Å². The fraction of sp³-hybridized carbons (Fsp3) is 0.533. The molecule has 1 aliphatic carbocycles. The van der Waals surface area contributed by atoms with Crippen LogP contribution in [0, 0.1) is 5.82 Å². The monoisotopic (exact) mass is 283 g/mol. The Bertz CT molecular complexity index is 455. The second-order valence-electron chi connectivity index (χ2n) is 5.19. The zero-order valence-electron chi connectivity index (χ0n) is 11.2. The predicted octanol–water partition coefficient (Wildman–Crippen LogP) is 4.27. The first-order chi connectivity index (χ1) is 9.09. The van der Waals surface area contributed by atoms with E-state index in [1.54, 1.807) is 4.90 Å².